The number of hydrogen-bond donors (Lipinski definition) is 2. The van der Waals surface area contributed by atoms with Gasteiger partial charge in [-0.2, -0.15) is 0 Å². The van der Waals surface area contributed by atoms with Gasteiger partial charge in [0.2, 0.25) is 0 Å². The van der Waals surface area contributed by atoms with Crippen LogP contribution < -0.4 is 10.5 Å². The van der Waals surface area contributed by atoms with E-state index in [4.69, 9.17) is 10.5 Å². The van der Waals surface area contributed by atoms with Gasteiger partial charge >= 0.3 is 0 Å². The third-order valence-electron chi connectivity index (χ3n) is 3.81. The van der Waals surface area contributed by atoms with Gasteiger partial charge in [-0.25, -0.2) is 4.39 Å². The van der Waals surface area contributed by atoms with Crippen molar-refractivity contribution in [1.82, 2.24) is 0 Å². The van der Waals surface area contributed by atoms with E-state index in [-0.39, 0.29) is 24.1 Å². The second kappa shape index (κ2) is 7.08. The third-order valence-corrected chi connectivity index (χ3v) is 3.81. The minimum atomic E-state index is -0.597. The number of halogens is 2. The van der Waals surface area contributed by atoms with Crippen molar-refractivity contribution in [2.24, 2.45) is 11.7 Å². The molecule has 0 saturated heterocycles. The number of benzene rings is 1. The standard InChI is InChI=1S/C14H20FNO2.ClH/c1-18-12-7-6-10(8-11(12)15)13(16)14(17)9-4-2-3-5-9;/h6-9,13-14,17H,2-5,16H2,1H3;1H/t13-,14+;/m0./s1. The molecular weight excluding hydrogens is 269 g/mol. The van der Waals surface area contributed by atoms with Gasteiger partial charge in [0.05, 0.1) is 19.3 Å². The smallest absolute Gasteiger partial charge is 0.165 e. The van der Waals surface area contributed by atoms with Crippen LogP contribution in [0.3, 0.4) is 0 Å². The van der Waals surface area contributed by atoms with Crippen LogP contribution in [-0.4, -0.2) is 18.3 Å². The maximum absolute atomic E-state index is 13.6. The topological polar surface area (TPSA) is 55.5 Å². The molecule has 1 saturated carbocycles. The quantitative estimate of drug-likeness (QED) is 0.896. The van der Waals surface area contributed by atoms with Crippen LogP contribution in [0, 0.1) is 11.7 Å². The van der Waals surface area contributed by atoms with Gasteiger partial charge in [0, 0.05) is 0 Å². The molecule has 2 rings (SSSR count). The first-order valence-electron chi connectivity index (χ1n) is 6.40. The molecule has 1 aliphatic carbocycles. The van der Waals surface area contributed by atoms with E-state index in [1.54, 1.807) is 12.1 Å². The molecule has 0 amide bonds. The Morgan fingerprint density at radius 1 is 1.37 bits per heavy atom. The highest BCUT2D eigenvalue weighted by Gasteiger charge is 2.29. The van der Waals surface area contributed by atoms with Crippen molar-refractivity contribution in [2.45, 2.75) is 37.8 Å². The summed E-state index contributed by atoms with van der Waals surface area (Å²) in [6.45, 7) is 0. The van der Waals surface area contributed by atoms with E-state index in [1.165, 1.54) is 13.2 Å². The Bertz CT molecular complexity index is 410. The first-order chi connectivity index (χ1) is 8.63. The van der Waals surface area contributed by atoms with E-state index in [1.807, 2.05) is 0 Å². The molecule has 2 atom stereocenters. The van der Waals surface area contributed by atoms with Crippen LogP contribution in [0.15, 0.2) is 18.2 Å². The Balaban J connectivity index is 0.00000180. The number of hydrogen-bond acceptors (Lipinski definition) is 3. The highest BCUT2D eigenvalue weighted by atomic mass is 35.5. The van der Waals surface area contributed by atoms with E-state index in [0.29, 0.717) is 5.56 Å². The number of methoxy groups -OCH3 is 1. The predicted octanol–water partition coefficient (Wildman–Crippen LogP) is 2.81. The largest absolute Gasteiger partial charge is 0.494 e. The minimum Gasteiger partial charge on any atom is -0.494 e. The van der Waals surface area contributed by atoms with Crippen molar-refractivity contribution in [3.63, 3.8) is 0 Å². The summed E-state index contributed by atoms with van der Waals surface area (Å²) >= 11 is 0. The summed E-state index contributed by atoms with van der Waals surface area (Å²) in [5.74, 6) is -0.00413. The number of rotatable bonds is 4. The molecule has 0 bridgehead atoms. The molecule has 1 aromatic carbocycles. The summed E-state index contributed by atoms with van der Waals surface area (Å²) in [5.41, 5.74) is 6.64. The van der Waals surface area contributed by atoms with Crippen LogP contribution in [0.2, 0.25) is 0 Å². The van der Waals surface area contributed by atoms with Crippen molar-refractivity contribution < 1.29 is 14.2 Å². The Morgan fingerprint density at radius 2 is 2.00 bits per heavy atom. The van der Waals surface area contributed by atoms with Crippen molar-refractivity contribution in [3.05, 3.63) is 29.6 Å². The Kier molecular flexibility index (Phi) is 6.04. The van der Waals surface area contributed by atoms with Gasteiger partial charge in [0.1, 0.15) is 0 Å². The zero-order valence-electron chi connectivity index (χ0n) is 11.0. The third kappa shape index (κ3) is 3.59. The average molecular weight is 290 g/mol. The summed E-state index contributed by atoms with van der Waals surface area (Å²) in [6, 6.07) is 4.08. The van der Waals surface area contributed by atoms with Crippen molar-refractivity contribution in [1.29, 1.82) is 0 Å². The lowest BCUT2D eigenvalue weighted by molar-refractivity contribution is 0.0844. The van der Waals surface area contributed by atoms with E-state index in [9.17, 15) is 9.50 Å². The molecule has 0 aromatic heterocycles. The van der Waals surface area contributed by atoms with Crippen molar-refractivity contribution in [2.75, 3.05) is 7.11 Å². The monoisotopic (exact) mass is 289 g/mol. The maximum atomic E-state index is 13.6. The fraction of sp³-hybridized carbons (Fsp3) is 0.571. The molecule has 0 unspecified atom stereocenters. The van der Waals surface area contributed by atoms with Crippen LogP contribution in [0.5, 0.6) is 5.75 Å². The van der Waals surface area contributed by atoms with Gasteiger partial charge in [0.15, 0.2) is 11.6 Å². The molecule has 108 valence electrons. The van der Waals surface area contributed by atoms with Gasteiger partial charge in [-0.05, 0) is 36.5 Å². The summed E-state index contributed by atoms with van der Waals surface area (Å²) < 4.78 is 18.5. The van der Waals surface area contributed by atoms with Gasteiger partial charge in [-0.1, -0.05) is 18.9 Å². The van der Waals surface area contributed by atoms with E-state index < -0.39 is 18.0 Å². The molecule has 1 aromatic rings. The fourth-order valence-corrected chi connectivity index (χ4v) is 2.68. The fourth-order valence-electron chi connectivity index (χ4n) is 2.68. The lowest BCUT2D eigenvalue weighted by Crippen LogP contribution is -2.32. The molecule has 1 aliphatic rings. The molecule has 0 aliphatic heterocycles. The van der Waals surface area contributed by atoms with Crippen LogP contribution >= 0.6 is 12.4 Å². The second-order valence-corrected chi connectivity index (χ2v) is 4.95. The van der Waals surface area contributed by atoms with Crippen LogP contribution in [0.4, 0.5) is 4.39 Å². The highest BCUT2D eigenvalue weighted by molar-refractivity contribution is 5.85. The van der Waals surface area contributed by atoms with Crippen molar-refractivity contribution in [3.8, 4) is 5.75 Å². The molecule has 19 heavy (non-hydrogen) atoms. The van der Waals surface area contributed by atoms with Crippen molar-refractivity contribution >= 4 is 12.4 Å². The predicted molar refractivity (Wildman–Crippen MR) is 75.1 cm³/mol. The first kappa shape index (κ1) is 16.2. The van der Waals surface area contributed by atoms with Gasteiger partial charge in [0.25, 0.3) is 0 Å². The lowest BCUT2D eigenvalue weighted by Gasteiger charge is -2.24. The van der Waals surface area contributed by atoms with Gasteiger partial charge in [-0.3, -0.25) is 0 Å². The van der Waals surface area contributed by atoms with E-state index in [0.717, 1.165) is 25.7 Å². The first-order valence-corrected chi connectivity index (χ1v) is 6.40. The zero-order chi connectivity index (χ0) is 13.1. The highest BCUT2D eigenvalue weighted by Crippen LogP contribution is 2.33. The van der Waals surface area contributed by atoms with Crippen LogP contribution in [0.25, 0.3) is 0 Å². The summed E-state index contributed by atoms with van der Waals surface area (Å²) in [6.07, 6.45) is 3.71. The van der Waals surface area contributed by atoms with Gasteiger partial charge < -0.3 is 15.6 Å². The van der Waals surface area contributed by atoms with Crippen LogP contribution in [0.1, 0.15) is 37.3 Å². The average Bonchev–Trinajstić information content (AvgIpc) is 2.90. The molecule has 3 nitrogen and oxygen atoms in total. The molecule has 1 fully saturated rings. The Hall–Kier alpha value is -0.840. The SMILES string of the molecule is COc1ccc([C@H](N)[C@H](O)C2CCCC2)cc1F.Cl. The summed E-state index contributed by atoms with van der Waals surface area (Å²) in [5, 5.41) is 10.2. The molecule has 3 N–H and O–H groups in total. The summed E-state index contributed by atoms with van der Waals surface area (Å²) in [4.78, 5) is 0. The molecule has 0 radical (unpaired) electrons. The van der Waals surface area contributed by atoms with Gasteiger partial charge in [-0.15, -0.1) is 12.4 Å². The lowest BCUT2D eigenvalue weighted by atomic mass is 9.91. The van der Waals surface area contributed by atoms with Crippen LogP contribution in [-0.2, 0) is 0 Å². The molecule has 0 heterocycles. The zero-order valence-corrected chi connectivity index (χ0v) is 11.8. The number of aliphatic hydroxyl groups excluding tert-OH is 1. The number of aliphatic hydroxyl groups is 1. The Morgan fingerprint density at radius 3 is 2.53 bits per heavy atom. The normalized spacial score (nSPS) is 18.7. The Labute approximate surface area is 119 Å². The molecule has 5 heteroatoms. The molecular formula is C14H21ClFNO2. The number of ether oxygens (including phenoxy) is 1. The summed E-state index contributed by atoms with van der Waals surface area (Å²) in [7, 11) is 1.42. The maximum Gasteiger partial charge on any atom is 0.165 e. The molecule has 0 spiro atoms. The number of nitrogens with two attached hydrogens (primary N) is 1. The second-order valence-electron chi connectivity index (χ2n) is 4.95. The minimum absolute atomic E-state index is 0. The van der Waals surface area contributed by atoms with E-state index >= 15 is 0 Å². The van der Waals surface area contributed by atoms with E-state index in [2.05, 4.69) is 0 Å².